The molecule has 0 saturated carbocycles. The van der Waals surface area contributed by atoms with E-state index in [0.29, 0.717) is 19.6 Å². The number of nitrogens with zero attached hydrogens (tertiary/aromatic N) is 5. The van der Waals surface area contributed by atoms with Crippen molar-refractivity contribution in [1.82, 2.24) is 23.8 Å². The molecule has 0 bridgehead atoms. The van der Waals surface area contributed by atoms with Gasteiger partial charge in [-0.1, -0.05) is 18.2 Å². The van der Waals surface area contributed by atoms with Gasteiger partial charge in [0.2, 0.25) is 5.91 Å². The highest BCUT2D eigenvalue weighted by Gasteiger charge is 2.29. The Balaban J connectivity index is 1.52. The number of carbonyl (C=O) groups is 1. The average molecular weight is 367 g/mol. The summed E-state index contributed by atoms with van der Waals surface area (Å²) in [6.07, 6.45) is 3.85. The maximum atomic E-state index is 12.9. The van der Waals surface area contributed by atoms with Crippen molar-refractivity contribution in [2.75, 3.05) is 13.1 Å². The second kappa shape index (κ2) is 7.06. The van der Waals surface area contributed by atoms with Crippen LogP contribution in [0.25, 0.3) is 10.9 Å². The Morgan fingerprint density at radius 1 is 1.26 bits per heavy atom. The Kier molecular flexibility index (Phi) is 4.59. The minimum atomic E-state index is -0.0882. The standard InChI is InChI=1S/C20H25N5O2/c1-3-25-19(21-22(2)20(25)27)16-8-6-11-24(13-16)18(26)14-23-12-10-15-7-4-5-9-17(15)23/h4-5,7,9-10,12,16H,3,6,8,11,13-14H2,1-2H3/t16-/m0/s1. The van der Waals surface area contributed by atoms with Crippen molar-refractivity contribution < 1.29 is 4.79 Å². The van der Waals surface area contributed by atoms with E-state index in [1.807, 2.05) is 46.9 Å². The summed E-state index contributed by atoms with van der Waals surface area (Å²) in [4.78, 5) is 27.0. The first-order valence-electron chi connectivity index (χ1n) is 9.54. The lowest BCUT2D eigenvalue weighted by atomic mass is 9.97. The zero-order valence-corrected chi connectivity index (χ0v) is 15.8. The molecule has 1 atom stereocenters. The quantitative estimate of drug-likeness (QED) is 0.708. The Hall–Kier alpha value is -2.83. The van der Waals surface area contributed by atoms with Gasteiger partial charge in [0.15, 0.2) is 0 Å². The molecule has 142 valence electrons. The van der Waals surface area contributed by atoms with Crippen LogP contribution in [0.15, 0.2) is 41.3 Å². The summed E-state index contributed by atoms with van der Waals surface area (Å²) in [5.41, 5.74) is 0.985. The number of aryl methyl sites for hydroxylation is 1. The first kappa shape index (κ1) is 17.6. The predicted molar refractivity (Wildman–Crippen MR) is 104 cm³/mol. The summed E-state index contributed by atoms with van der Waals surface area (Å²) in [5, 5.41) is 5.58. The molecule has 4 rings (SSSR count). The van der Waals surface area contributed by atoms with Crippen molar-refractivity contribution in [2.24, 2.45) is 7.05 Å². The number of aromatic nitrogens is 4. The van der Waals surface area contributed by atoms with Crippen LogP contribution in [0.5, 0.6) is 0 Å². The molecule has 1 fully saturated rings. The number of hydrogen-bond acceptors (Lipinski definition) is 3. The summed E-state index contributed by atoms with van der Waals surface area (Å²) in [6.45, 7) is 4.27. The van der Waals surface area contributed by atoms with Crippen molar-refractivity contribution in [3.05, 3.63) is 52.8 Å². The fourth-order valence-electron chi connectivity index (χ4n) is 4.06. The third-order valence-electron chi connectivity index (χ3n) is 5.48. The summed E-state index contributed by atoms with van der Waals surface area (Å²) >= 11 is 0. The molecule has 2 aromatic heterocycles. The van der Waals surface area contributed by atoms with Crippen LogP contribution in [0.1, 0.15) is 31.5 Å². The molecule has 1 aromatic carbocycles. The Labute approximate surface area is 157 Å². The van der Waals surface area contributed by atoms with Gasteiger partial charge in [0, 0.05) is 44.3 Å². The van der Waals surface area contributed by atoms with E-state index < -0.39 is 0 Å². The molecular formula is C20H25N5O2. The van der Waals surface area contributed by atoms with E-state index in [2.05, 4.69) is 11.2 Å². The van der Waals surface area contributed by atoms with Gasteiger partial charge in [-0.3, -0.25) is 9.36 Å². The van der Waals surface area contributed by atoms with Gasteiger partial charge < -0.3 is 9.47 Å². The SMILES string of the molecule is CCn1c([C@H]2CCCN(C(=O)Cn3ccc4ccccc43)C2)nn(C)c1=O. The normalized spacial score (nSPS) is 17.6. The third-order valence-corrected chi connectivity index (χ3v) is 5.48. The van der Waals surface area contributed by atoms with Gasteiger partial charge in [-0.15, -0.1) is 0 Å². The first-order chi connectivity index (χ1) is 13.1. The van der Waals surface area contributed by atoms with Crippen molar-refractivity contribution in [2.45, 2.75) is 38.8 Å². The zero-order valence-electron chi connectivity index (χ0n) is 15.8. The smallest absolute Gasteiger partial charge is 0.340 e. The predicted octanol–water partition coefficient (Wildman–Crippen LogP) is 1.96. The van der Waals surface area contributed by atoms with Crippen molar-refractivity contribution in [1.29, 1.82) is 0 Å². The van der Waals surface area contributed by atoms with Crippen LogP contribution >= 0.6 is 0 Å². The Morgan fingerprint density at radius 3 is 2.89 bits per heavy atom. The second-order valence-electron chi connectivity index (χ2n) is 7.19. The van der Waals surface area contributed by atoms with Crippen molar-refractivity contribution in [3.63, 3.8) is 0 Å². The average Bonchev–Trinajstić information content (AvgIpc) is 3.23. The van der Waals surface area contributed by atoms with Crippen LogP contribution in [0.2, 0.25) is 0 Å². The number of fused-ring (bicyclic) bond motifs is 1. The third kappa shape index (κ3) is 3.18. The number of likely N-dealkylation sites (tertiary alicyclic amines) is 1. The molecule has 1 aliphatic heterocycles. The zero-order chi connectivity index (χ0) is 19.0. The molecule has 3 aromatic rings. The van der Waals surface area contributed by atoms with Gasteiger partial charge >= 0.3 is 5.69 Å². The number of piperidine rings is 1. The van der Waals surface area contributed by atoms with E-state index in [1.54, 1.807) is 11.6 Å². The van der Waals surface area contributed by atoms with Crippen molar-refractivity contribution in [3.8, 4) is 0 Å². The molecule has 27 heavy (non-hydrogen) atoms. The first-order valence-corrected chi connectivity index (χ1v) is 9.54. The van der Waals surface area contributed by atoms with Gasteiger partial charge in [-0.05, 0) is 37.3 Å². The van der Waals surface area contributed by atoms with Gasteiger partial charge in [-0.2, -0.15) is 5.10 Å². The lowest BCUT2D eigenvalue weighted by molar-refractivity contribution is -0.133. The van der Waals surface area contributed by atoms with Crippen LogP contribution in [0, 0.1) is 0 Å². The lowest BCUT2D eigenvalue weighted by Crippen LogP contribution is -2.41. The van der Waals surface area contributed by atoms with Crippen molar-refractivity contribution >= 4 is 16.8 Å². The molecule has 1 saturated heterocycles. The van der Waals surface area contributed by atoms with Crippen LogP contribution < -0.4 is 5.69 Å². The van der Waals surface area contributed by atoms with Crippen LogP contribution in [0.3, 0.4) is 0 Å². The number of hydrogen-bond donors (Lipinski definition) is 0. The monoisotopic (exact) mass is 367 g/mol. The van der Waals surface area contributed by atoms with Gasteiger partial charge in [0.05, 0.1) is 0 Å². The summed E-state index contributed by atoms with van der Waals surface area (Å²) in [7, 11) is 1.68. The number of rotatable bonds is 4. The fourth-order valence-corrected chi connectivity index (χ4v) is 4.06. The van der Waals surface area contributed by atoms with E-state index in [9.17, 15) is 9.59 Å². The molecule has 0 N–H and O–H groups in total. The molecule has 3 heterocycles. The number of amides is 1. The number of para-hydroxylation sites is 1. The minimum Gasteiger partial charge on any atom is -0.340 e. The molecule has 1 aliphatic rings. The summed E-state index contributed by atoms with van der Waals surface area (Å²) in [5.74, 6) is 1.02. The number of carbonyl (C=O) groups excluding carboxylic acids is 1. The maximum Gasteiger partial charge on any atom is 0.345 e. The lowest BCUT2D eigenvalue weighted by Gasteiger charge is -2.32. The largest absolute Gasteiger partial charge is 0.345 e. The van der Waals surface area contributed by atoms with Gasteiger partial charge in [0.25, 0.3) is 0 Å². The van der Waals surface area contributed by atoms with Gasteiger partial charge in [-0.25, -0.2) is 9.48 Å². The summed E-state index contributed by atoms with van der Waals surface area (Å²) in [6, 6.07) is 10.1. The molecule has 0 aliphatic carbocycles. The van der Waals surface area contributed by atoms with E-state index >= 15 is 0 Å². The van der Waals surface area contributed by atoms with Crippen LogP contribution in [0.4, 0.5) is 0 Å². The Morgan fingerprint density at radius 2 is 2.07 bits per heavy atom. The highest BCUT2D eigenvalue weighted by atomic mass is 16.2. The number of benzene rings is 1. The molecule has 1 amide bonds. The maximum absolute atomic E-state index is 12.9. The van der Waals surface area contributed by atoms with Crippen LogP contribution in [-0.4, -0.2) is 42.8 Å². The molecule has 7 nitrogen and oxygen atoms in total. The minimum absolute atomic E-state index is 0.0882. The fraction of sp³-hybridized carbons (Fsp3) is 0.450. The van der Waals surface area contributed by atoms with Gasteiger partial charge in [0.1, 0.15) is 12.4 Å². The molecule has 0 radical (unpaired) electrons. The molecule has 0 spiro atoms. The molecule has 0 unspecified atom stereocenters. The van der Waals surface area contributed by atoms with E-state index in [0.717, 1.165) is 36.1 Å². The molecule has 7 heteroatoms. The highest BCUT2D eigenvalue weighted by molar-refractivity contribution is 5.83. The highest BCUT2D eigenvalue weighted by Crippen LogP contribution is 2.25. The Bertz CT molecular complexity index is 1030. The van der Waals surface area contributed by atoms with E-state index in [1.165, 1.54) is 4.68 Å². The van der Waals surface area contributed by atoms with E-state index in [-0.39, 0.29) is 17.5 Å². The van der Waals surface area contributed by atoms with Crippen LogP contribution in [-0.2, 0) is 24.9 Å². The second-order valence-corrected chi connectivity index (χ2v) is 7.19. The topological polar surface area (TPSA) is 65.1 Å². The summed E-state index contributed by atoms with van der Waals surface area (Å²) < 4.78 is 5.12. The molecular weight excluding hydrogens is 342 g/mol. The van der Waals surface area contributed by atoms with E-state index in [4.69, 9.17) is 0 Å².